The lowest BCUT2D eigenvalue weighted by Gasteiger charge is -2.39. The molecule has 0 bridgehead atoms. The van der Waals surface area contributed by atoms with Gasteiger partial charge in [-0.05, 0) is 40.4 Å². The van der Waals surface area contributed by atoms with Gasteiger partial charge in [0.15, 0.2) is 24.7 Å². The summed E-state index contributed by atoms with van der Waals surface area (Å²) in [6.45, 7) is 2.77. The SMILES string of the molecule is CCCCCC(C)CCCCCCC(C)[Si]c1cc(-c2ncc(-c3ccc(OCC(F)(F)C(F)(F)C(F)(F)C(F)(F)C(F)(F)C(F)(F)F)cc3)cn2)nc2c1OCC2(F)F. The van der Waals surface area contributed by atoms with Crippen LogP contribution in [0.3, 0.4) is 0 Å². The van der Waals surface area contributed by atoms with Crippen LogP contribution in [0.2, 0.25) is 5.54 Å². The number of rotatable bonds is 22. The molecule has 0 saturated heterocycles. The summed E-state index contributed by atoms with van der Waals surface area (Å²) in [6.07, 6.45) is 6.28. The van der Waals surface area contributed by atoms with Gasteiger partial charge in [-0.2, -0.15) is 65.9 Å². The van der Waals surface area contributed by atoms with Crippen molar-refractivity contribution in [1.82, 2.24) is 15.0 Å². The molecular weight excluding hydrogens is 856 g/mol. The molecule has 60 heavy (non-hydrogen) atoms. The number of hydrogen-bond acceptors (Lipinski definition) is 5. The van der Waals surface area contributed by atoms with Crippen LogP contribution in [0.1, 0.15) is 90.7 Å². The number of ether oxygens (including phenoxy) is 2. The fourth-order valence-corrected chi connectivity index (χ4v) is 7.74. The van der Waals surface area contributed by atoms with Gasteiger partial charge in [0.1, 0.15) is 17.2 Å². The Hall–Kier alpha value is -3.78. The minimum absolute atomic E-state index is 0.0149. The van der Waals surface area contributed by atoms with Crippen molar-refractivity contribution in [2.75, 3.05) is 13.2 Å². The van der Waals surface area contributed by atoms with Crippen molar-refractivity contribution in [1.29, 1.82) is 0 Å². The minimum atomic E-state index is -8.01. The Bertz CT molecular complexity index is 1860. The molecule has 2 aromatic heterocycles. The Kier molecular flexibility index (Phi) is 15.2. The fraction of sp³-hybridized carbons (Fsp3) is 0.615. The second-order valence-electron chi connectivity index (χ2n) is 15.0. The van der Waals surface area contributed by atoms with Gasteiger partial charge in [0.25, 0.3) is 0 Å². The van der Waals surface area contributed by atoms with Gasteiger partial charge >= 0.3 is 41.7 Å². The van der Waals surface area contributed by atoms with Gasteiger partial charge in [0.2, 0.25) is 0 Å². The molecule has 2 atom stereocenters. The second kappa shape index (κ2) is 18.7. The van der Waals surface area contributed by atoms with Crippen LogP contribution in [0.4, 0.5) is 65.9 Å². The number of alkyl halides is 15. The van der Waals surface area contributed by atoms with Gasteiger partial charge in [-0.3, -0.25) is 0 Å². The first-order valence-corrected chi connectivity index (χ1v) is 20.1. The molecule has 4 rings (SSSR count). The normalized spacial score (nSPS) is 16.0. The summed E-state index contributed by atoms with van der Waals surface area (Å²) in [5.41, 5.74) is 0.0401. The number of nitrogens with zero attached hydrogens (tertiary/aromatic N) is 3. The lowest BCUT2D eigenvalue weighted by atomic mass is 9.94. The highest BCUT2D eigenvalue weighted by Gasteiger charge is 2.90. The Morgan fingerprint density at radius 3 is 1.83 bits per heavy atom. The standard InChI is InChI=1S/C39H42F15N3O2Si/c1-4-5-8-11-23(2)12-9-6-7-10-13-24(3)60-29-18-28(57-31-30(29)59-21-33(31,40)41)32-55-19-26(20-56-32)25-14-16-27(17-15-25)58-22-34(42,43)35(44,45)36(46,47)37(48,49)38(50,51)39(52,53)54/h14-20,23-24H,4-13,21-22H2,1-3H3. The third-order valence-corrected chi connectivity index (χ3v) is 11.5. The third-order valence-electron chi connectivity index (χ3n) is 9.99. The first-order chi connectivity index (χ1) is 27.7. The molecule has 0 N–H and O–H groups in total. The Labute approximate surface area is 338 Å². The van der Waals surface area contributed by atoms with Crippen LogP contribution in [0, 0.1) is 5.92 Å². The maximum atomic E-state index is 14.9. The van der Waals surface area contributed by atoms with Crippen molar-refractivity contribution in [2.24, 2.45) is 5.92 Å². The second-order valence-corrected chi connectivity index (χ2v) is 16.8. The van der Waals surface area contributed by atoms with E-state index >= 15 is 0 Å². The lowest BCUT2D eigenvalue weighted by molar-refractivity contribution is -0.440. The molecule has 2 radical (unpaired) electrons. The van der Waals surface area contributed by atoms with E-state index in [0.717, 1.165) is 56.4 Å². The fourth-order valence-electron chi connectivity index (χ4n) is 6.32. The zero-order chi connectivity index (χ0) is 45.0. The summed E-state index contributed by atoms with van der Waals surface area (Å²) in [5.74, 6) is -41.1. The summed E-state index contributed by atoms with van der Waals surface area (Å²) in [5, 5.41) is 0.531. The third kappa shape index (κ3) is 10.4. The molecule has 3 heterocycles. The molecule has 21 heteroatoms. The van der Waals surface area contributed by atoms with E-state index in [1.54, 1.807) is 6.07 Å². The van der Waals surface area contributed by atoms with Gasteiger partial charge in [-0.25, -0.2) is 15.0 Å². The summed E-state index contributed by atoms with van der Waals surface area (Å²) < 4.78 is 214. The van der Waals surface area contributed by atoms with Crippen LogP contribution in [0.5, 0.6) is 11.5 Å². The number of fused-ring (bicyclic) bond motifs is 1. The van der Waals surface area contributed by atoms with Crippen LogP contribution < -0.4 is 14.7 Å². The minimum Gasteiger partial charge on any atom is -0.487 e. The molecule has 1 aromatic carbocycles. The lowest BCUT2D eigenvalue weighted by Crippen LogP contribution is -2.70. The highest BCUT2D eigenvalue weighted by atomic mass is 28.2. The average molecular weight is 898 g/mol. The van der Waals surface area contributed by atoms with Crippen LogP contribution in [0.25, 0.3) is 22.6 Å². The molecule has 0 aliphatic carbocycles. The van der Waals surface area contributed by atoms with Crippen molar-refractivity contribution in [3.05, 3.63) is 48.4 Å². The van der Waals surface area contributed by atoms with Crippen molar-refractivity contribution in [2.45, 2.75) is 132 Å². The number of benzene rings is 1. The van der Waals surface area contributed by atoms with Crippen LogP contribution in [0.15, 0.2) is 42.7 Å². The molecule has 1 aliphatic rings. The molecule has 5 nitrogen and oxygen atoms in total. The molecule has 0 amide bonds. The molecule has 0 spiro atoms. The quantitative estimate of drug-likeness (QED) is 0.0571. The zero-order valence-corrected chi connectivity index (χ0v) is 33.5. The number of hydrogen-bond donors (Lipinski definition) is 0. The van der Waals surface area contributed by atoms with Crippen molar-refractivity contribution in [3.63, 3.8) is 0 Å². The molecule has 0 saturated carbocycles. The van der Waals surface area contributed by atoms with Crippen molar-refractivity contribution in [3.8, 4) is 34.1 Å². The Morgan fingerprint density at radius 1 is 0.717 bits per heavy atom. The summed E-state index contributed by atoms with van der Waals surface area (Å²) >= 11 is 0. The van der Waals surface area contributed by atoms with E-state index < -0.39 is 66.4 Å². The summed E-state index contributed by atoms with van der Waals surface area (Å²) in [4.78, 5) is 12.5. The van der Waals surface area contributed by atoms with E-state index in [9.17, 15) is 65.9 Å². The van der Waals surface area contributed by atoms with Gasteiger partial charge in [0, 0.05) is 18.0 Å². The molecule has 2 unspecified atom stereocenters. The summed E-state index contributed by atoms with van der Waals surface area (Å²) in [7, 11) is 0.106. The molecule has 0 fully saturated rings. The van der Waals surface area contributed by atoms with E-state index in [1.807, 2.05) is 6.92 Å². The van der Waals surface area contributed by atoms with Crippen molar-refractivity contribution < 1.29 is 75.3 Å². The van der Waals surface area contributed by atoms with Gasteiger partial charge in [0.05, 0.1) is 9.52 Å². The van der Waals surface area contributed by atoms with Crippen LogP contribution in [-0.4, -0.2) is 73.5 Å². The Balaban J connectivity index is 1.40. The maximum absolute atomic E-state index is 14.9. The largest absolute Gasteiger partial charge is 0.487 e. The number of unbranched alkanes of at least 4 members (excludes halogenated alkanes) is 5. The average Bonchev–Trinajstić information content (AvgIpc) is 3.48. The monoisotopic (exact) mass is 897 g/mol. The molecular formula is C39H42F15N3O2Si. The number of halogens is 15. The highest BCUT2D eigenvalue weighted by Crippen LogP contribution is 2.60. The van der Waals surface area contributed by atoms with E-state index in [2.05, 4.69) is 33.5 Å². The van der Waals surface area contributed by atoms with Crippen molar-refractivity contribution >= 4 is 14.7 Å². The zero-order valence-electron chi connectivity index (χ0n) is 32.5. The molecule has 1 aliphatic heterocycles. The highest BCUT2D eigenvalue weighted by molar-refractivity contribution is 6.56. The maximum Gasteiger partial charge on any atom is 0.460 e. The molecule has 3 aromatic rings. The predicted molar refractivity (Wildman–Crippen MR) is 192 cm³/mol. The number of aromatic nitrogens is 3. The molecule has 334 valence electrons. The van der Waals surface area contributed by atoms with Gasteiger partial charge in [-0.1, -0.05) is 97.1 Å². The Morgan fingerprint density at radius 2 is 1.27 bits per heavy atom. The first-order valence-electron chi connectivity index (χ1n) is 19.0. The van der Waals surface area contributed by atoms with E-state index in [0.29, 0.717) is 11.1 Å². The van der Waals surface area contributed by atoms with E-state index in [4.69, 9.17) is 4.74 Å². The smallest absolute Gasteiger partial charge is 0.460 e. The van der Waals surface area contributed by atoms with Gasteiger partial charge in [-0.15, -0.1) is 0 Å². The topological polar surface area (TPSA) is 57.1 Å². The van der Waals surface area contributed by atoms with E-state index in [1.165, 1.54) is 44.5 Å². The first kappa shape index (κ1) is 48.9. The summed E-state index contributed by atoms with van der Waals surface area (Å²) in [6, 6.07) is 5.40. The van der Waals surface area contributed by atoms with E-state index in [-0.39, 0.29) is 43.5 Å². The van der Waals surface area contributed by atoms with Crippen LogP contribution >= 0.6 is 0 Å². The predicted octanol–water partition coefficient (Wildman–Crippen LogP) is 12.5. The van der Waals surface area contributed by atoms with Gasteiger partial charge < -0.3 is 9.47 Å². The van der Waals surface area contributed by atoms with Crippen LogP contribution in [-0.2, 0) is 5.92 Å². The number of pyridine rings is 1.